The second-order valence-corrected chi connectivity index (χ2v) is 4.52. The van der Waals surface area contributed by atoms with Gasteiger partial charge < -0.3 is 24.2 Å². The Kier molecular flexibility index (Phi) is 4.64. The normalized spacial score (nSPS) is 18.2. The van der Waals surface area contributed by atoms with E-state index in [9.17, 15) is 14.7 Å². The molecule has 7 heteroatoms. The highest BCUT2D eigenvalue weighted by Gasteiger charge is 2.31. The van der Waals surface area contributed by atoms with Crippen molar-refractivity contribution < 1.29 is 28.9 Å². The van der Waals surface area contributed by atoms with Gasteiger partial charge in [-0.25, -0.2) is 4.79 Å². The minimum Gasteiger partial charge on any atom is -0.507 e. The standard InChI is InChI=1S/C14H17NO6/c1-19-9-3-4-10(11(16)7-9)13(17)15-5-6-21-12(8-15)14(18)20-2/h3-4,7,12,16H,5-6,8H2,1-2H3. The van der Waals surface area contributed by atoms with Crippen LogP contribution in [0.15, 0.2) is 18.2 Å². The third-order valence-electron chi connectivity index (χ3n) is 3.25. The summed E-state index contributed by atoms with van der Waals surface area (Å²) in [5, 5.41) is 9.89. The molecule has 1 aliphatic heterocycles. The summed E-state index contributed by atoms with van der Waals surface area (Å²) in [5.74, 6) is -0.599. The summed E-state index contributed by atoms with van der Waals surface area (Å²) in [4.78, 5) is 25.3. The van der Waals surface area contributed by atoms with E-state index in [4.69, 9.17) is 9.47 Å². The lowest BCUT2D eigenvalue weighted by Crippen LogP contribution is -2.48. The lowest BCUT2D eigenvalue weighted by molar-refractivity contribution is -0.158. The number of methoxy groups -OCH3 is 2. The highest BCUT2D eigenvalue weighted by molar-refractivity contribution is 5.97. The fraction of sp³-hybridized carbons (Fsp3) is 0.429. The minimum atomic E-state index is -0.798. The average molecular weight is 295 g/mol. The zero-order valence-corrected chi connectivity index (χ0v) is 11.9. The number of phenols is 1. The highest BCUT2D eigenvalue weighted by atomic mass is 16.6. The molecule has 1 unspecified atom stereocenters. The molecular weight excluding hydrogens is 278 g/mol. The van der Waals surface area contributed by atoms with Crippen molar-refractivity contribution in [3.63, 3.8) is 0 Å². The van der Waals surface area contributed by atoms with E-state index < -0.39 is 12.1 Å². The number of amides is 1. The van der Waals surface area contributed by atoms with Crippen molar-refractivity contribution in [3.8, 4) is 11.5 Å². The minimum absolute atomic E-state index is 0.0942. The van der Waals surface area contributed by atoms with E-state index in [0.29, 0.717) is 12.3 Å². The summed E-state index contributed by atoms with van der Waals surface area (Å²) >= 11 is 0. The molecule has 1 N–H and O–H groups in total. The molecule has 1 fully saturated rings. The maximum atomic E-state index is 12.4. The van der Waals surface area contributed by atoms with Gasteiger partial charge in [0, 0.05) is 12.6 Å². The summed E-state index contributed by atoms with van der Waals surface area (Å²) < 4.78 is 14.8. The topological polar surface area (TPSA) is 85.3 Å². The van der Waals surface area contributed by atoms with E-state index in [0.717, 1.165) is 0 Å². The number of benzene rings is 1. The van der Waals surface area contributed by atoms with E-state index in [-0.39, 0.29) is 30.4 Å². The summed E-state index contributed by atoms with van der Waals surface area (Å²) in [6.07, 6.45) is -0.798. The zero-order valence-electron chi connectivity index (χ0n) is 11.9. The van der Waals surface area contributed by atoms with Gasteiger partial charge in [0.1, 0.15) is 11.5 Å². The molecule has 114 valence electrons. The van der Waals surface area contributed by atoms with Gasteiger partial charge in [0.25, 0.3) is 5.91 Å². The first-order chi connectivity index (χ1) is 10.1. The fourth-order valence-corrected chi connectivity index (χ4v) is 2.10. The van der Waals surface area contributed by atoms with Crippen LogP contribution in [0, 0.1) is 0 Å². The van der Waals surface area contributed by atoms with Crippen molar-refractivity contribution in [2.75, 3.05) is 33.9 Å². The molecule has 0 aliphatic carbocycles. The Hall–Kier alpha value is -2.28. The molecule has 1 amide bonds. The number of esters is 1. The van der Waals surface area contributed by atoms with Crippen LogP contribution in [-0.2, 0) is 14.3 Å². The summed E-state index contributed by atoms with van der Waals surface area (Å²) in [6.45, 7) is 0.678. The van der Waals surface area contributed by atoms with Gasteiger partial charge in [-0.05, 0) is 12.1 Å². The number of phenolic OH excluding ortho intramolecular Hbond substituents is 1. The SMILES string of the molecule is COC(=O)C1CN(C(=O)c2ccc(OC)cc2O)CCO1. The Morgan fingerprint density at radius 2 is 2.14 bits per heavy atom. The molecule has 2 rings (SSSR count). The number of aromatic hydroxyl groups is 1. The number of carbonyl (C=O) groups excluding carboxylic acids is 2. The van der Waals surface area contributed by atoms with Gasteiger partial charge >= 0.3 is 5.97 Å². The highest BCUT2D eigenvalue weighted by Crippen LogP contribution is 2.25. The molecule has 1 heterocycles. The van der Waals surface area contributed by atoms with E-state index in [1.165, 1.54) is 31.3 Å². The Labute approximate surface area is 122 Å². The summed E-state index contributed by atoms with van der Waals surface area (Å²) in [5.41, 5.74) is 0.154. The maximum absolute atomic E-state index is 12.4. The lowest BCUT2D eigenvalue weighted by Gasteiger charge is -2.31. The van der Waals surface area contributed by atoms with E-state index in [1.807, 2.05) is 0 Å². The Balaban J connectivity index is 2.14. The van der Waals surface area contributed by atoms with Crippen LogP contribution in [0.1, 0.15) is 10.4 Å². The Morgan fingerprint density at radius 3 is 2.76 bits per heavy atom. The number of hydrogen-bond donors (Lipinski definition) is 1. The summed E-state index contributed by atoms with van der Waals surface area (Å²) in [7, 11) is 2.74. The van der Waals surface area contributed by atoms with Crippen LogP contribution >= 0.6 is 0 Å². The maximum Gasteiger partial charge on any atom is 0.336 e. The van der Waals surface area contributed by atoms with Crippen LogP contribution < -0.4 is 4.74 Å². The molecule has 0 spiro atoms. The van der Waals surface area contributed by atoms with Crippen molar-refractivity contribution in [1.29, 1.82) is 0 Å². The largest absolute Gasteiger partial charge is 0.507 e. The van der Waals surface area contributed by atoms with Crippen molar-refractivity contribution >= 4 is 11.9 Å². The summed E-state index contributed by atoms with van der Waals surface area (Å²) in [6, 6.07) is 4.44. The monoisotopic (exact) mass is 295 g/mol. The van der Waals surface area contributed by atoms with Crippen molar-refractivity contribution in [1.82, 2.24) is 4.90 Å². The average Bonchev–Trinajstić information content (AvgIpc) is 2.53. The first-order valence-corrected chi connectivity index (χ1v) is 6.42. The van der Waals surface area contributed by atoms with Gasteiger partial charge in [0.2, 0.25) is 0 Å². The molecule has 1 aliphatic rings. The molecule has 1 aromatic rings. The van der Waals surface area contributed by atoms with Gasteiger partial charge in [-0.3, -0.25) is 4.79 Å². The van der Waals surface area contributed by atoms with Crippen LogP contribution in [0.3, 0.4) is 0 Å². The predicted octanol–water partition coefficient (Wildman–Crippen LogP) is 0.415. The van der Waals surface area contributed by atoms with E-state index in [1.54, 1.807) is 6.07 Å². The Morgan fingerprint density at radius 1 is 1.38 bits per heavy atom. The van der Waals surface area contributed by atoms with Gasteiger partial charge in [0.05, 0.1) is 32.9 Å². The number of morpholine rings is 1. The van der Waals surface area contributed by atoms with Gasteiger partial charge in [-0.15, -0.1) is 0 Å². The van der Waals surface area contributed by atoms with Gasteiger partial charge in [-0.2, -0.15) is 0 Å². The third kappa shape index (κ3) is 3.25. The fourth-order valence-electron chi connectivity index (χ4n) is 2.10. The molecule has 1 aromatic carbocycles. The third-order valence-corrected chi connectivity index (χ3v) is 3.25. The molecule has 7 nitrogen and oxygen atoms in total. The van der Waals surface area contributed by atoms with Crippen LogP contribution in [0.2, 0.25) is 0 Å². The van der Waals surface area contributed by atoms with Crippen LogP contribution in [0.5, 0.6) is 11.5 Å². The number of rotatable bonds is 3. The predicted molar refractivity (Wildman–Crippen MR) is 72.3 cm³/mol. The van der Waals surface area contributed by atoms with Crippen LogP contribution in [-0.4, -0.2) is 61.9 Å². The molecule has 0 bridgehead atoms. The molecule has 0 radical (unpaired) electrons. The second-order valence-electron chi connectivity index (χ2n) is 4.52. The Bertz CT molecular complexity index is 544. The molecular formula is C14H17NO6. The molecule has 0 saturated carbocycles. The number of hydrogen-bond acceptors (Lipinski definition) is 6. The zero-order chi connectivity index (χ0) is 15.4. The quantitative estimate of drug-likeness (QED) is 0.813. The number of ether oxygens (including phenoxy) is 3. The first-order valence-electron chi connectivity index (χ1n) is 6.42. The van der Waals surface area contributed by atoms with E-state index in [2.05, 4.69) is 4.74 Å². The molecule has 1 saturated heterocycles. The smallest absolute Gasteiger partial charge is 0.336 e. The van der Waals surface area contributed by atoms with E-state index >= 15 is 0 Å². The number of carbonyl (C=O) groups is 2. The van der Waals surface area contributed by atoms with Gasteiger partial charge in [-0.1, -0.05) is 0 Å². The molecule has 21 heavy (non-hydrogen) atoms. The van der Waals surface area contributed by atoms with Crippen LogP contribution in [0.25, 0.3) is 0 Å². The lowest BCUT2D eigenvalue weighted by atomic mass is 10.1. The second kappa shape index (κ2) is 6.45. The van der Waals surface area contributed by atoms with Crippen molar-refractivity contribution in [2.24, 2.45) is 0 Å². The van der Waals surface area contributed by atoms with Crippen molar-refractivity contribution in [2.45, 2.75) is 6.10 Å². The first kappa shape index (κ1) is 15.1. The number of nitrogens with zero attached hydrogens (tertiary/aromatic N) is 1. The van der Waals surface area contributed by atoms with Crippen molar-refractivity contribution in [3.05, 3.63) is 23.8 Å². The molecule has 1 atom stereocenters. The molecule has 0 aromatic heterocycles. The van der Waals surface area contributed by atoms with Crippen LogP contribution in [0.4, 0.5) is 0 Å². The van der Waals surface area contributed by atoms with Gasteiger partial charge in [0.15, 0.2) is 6.10 Å².